The molecule has 1 fully saturated rings. The van der Waals surface area contributed by atoms with Crippen LogP contribution in [0.5, 0.6) is 0 Å². The van der Waals surface area contributed by atoms with E-state index in [1.807, 2.05) is 6.07 Å². The van der Waals surface area contributed by atoms with E-state index in [1.54, 1.807) is 0 Å². The quantitative estimate of drug-likeness (QED) is 0.850. The average molecular weight is 295 g/mol. The van der Waals surface area contributed by atoms with Gasteiger partial charge in [0, 0.05) is 36.7 Å². The summed E-state index contributed by atoms with van der Waals surface area (Å²) in [5.41, 5.74) is 1.33. The van der Waals surface area contributed by atoms with E-state index in [-0.39, 0.29) is 0 Å². The normalized spacial score (nSPS) is 23.9. The number of rotatable bonds is 6. The highest BCUT2D eigenvalue weighted by Crippen LogP contribution is 2.19. The summed E-state index contributed by atoms with van der Waals surface area (Å²) in [7, 11) is 0. The zero-order valence-electron chi connectivity index (χ0n) is 12.7. The van der Waals surface area contributed by atoms with Crippen molar-refractivity contribution in [3.63, 3.8) is 0 Å². The van der Waals surface area contributed by atoms with Crippen LogP contribution < -0.4 is 5.32 Å². The van der Waals surface area contributed by atoms with Crippen LogP contribution in [-0.4, -0.2) is 30.1 Å². The molecule has 112 valence electrons. The van der Waals surface area contributed by atoms with Crippen molar-refractivity contribution in [2.45, 2.75) is 58.2 Å². The third-order valence-electron chi connectivity index (χ3n) is 4.15. The summed E-state index contributed by atoms with van der Waals surface area (Å²) in [5.74, 6) is 0. The van der Waals surface area contributed by atoms with Crippen LogP contribution in [0.2, 0.25) is 5.02 Å². The lowest BCUT2D eigenvalue weighted by molar-refractivity contribution is 0.112. The molecule has 0 amide bonds. The van der Waals surface area contributed by atoms with Gasteiger partial charge in [-0.3, -0.25) is 4.90 Å². The number of benzene rings is 1. The van der Waals surface area contributed by atoms with Crippen molar-refractivity contribution in [3.8, 4) is 0 Å². The van der Waals surface area contributed by atoms with Crippen LogP contribution >= 0.6 is 11.6 Å². The van der Waals surface area contributed by atoms with Crippen LogP contribution in [0.15, 0.2) is 24.3 Å². The van der Waals surface area contributed by atoms with Crippen LogP contribution in [0.25, 0.3) is 0 Å². The predicted molar refractivity (Wildman–Crippen MR) is 87.3 cm³/mol. The van der Waals surface area contributed by atoms with Crippen molar-refractivity contribution in [3.05, 3.63) is 34.9 Å². The van der Waals surface area contributed by atoms with Gasteiger partial charge in [-0.15, -0.1) is 0 Å². The lowest BCUT2D eigenvalue weighted by Crippen LogP contribution is -2.55. The van der Waals surface area contributed by atoms with Gasteiger partial charge >= 0.3 is 0 Å². The van der Waals surface area contributed by atoms with Crippen LogP contribution in [-0.2, 0) is 6.54 Å². The predicted octanol–water partition coefficient (Wildman–Crippen LogP) is 4.08. The summed E-state index contributed by atoms with van der Waals surface area (Å²) in [6.07, 6.45) is 5.04. The molecule has 2 atom stereocenters. The molecule has 0 aromatic heterocycles. The molecule has 1 N–H and O–H groups in total. The first-order chi connectivity index (χ1) is 9.72. The highest BCUT2D eigenvalue weighted by atomic mass is 35.5. The van der Waals surface area contributed by atoms with Crippen molar-refractivity contribution in [1.29, 1.82) is 0 Å². The van der Waals surface area contributed by atoms with Crippen molar-refractivity contribution in [2.24, 2.45) is 0 Å². The van der Waals surface area contributed by atoms with Crippen molar-refractivity contribution in [1.82, 2.24) is 10.2 Å². The summed E-state index contributed by atoms with van der Waals surface area (Å²) in [4.78, 5) is 2.64. The maximum Gasteiger partial charge on any atom is 0.0409 e. The topological polar surface area (TPSA) is 15.3 Å². The second-order valence-corrected chi connectivity index (χ2v) is 6.33. The van der Waals surface area contributed by atoms with E-state index >= 15 is 0 Å². The Hall–Kier alpha value is -0.570. The molecule has 1 aliphatic heterocycles. The molecule has 1 aliphatic rings. The maximum atomic E-state index is 6.11. The number of nitrogens with one attached hydrogen (secondary N) is 1. The molecule has 0 radical (unpaired) electrons. The third kappa shape index (κ3) is 4.47. The summed E-state index contributed by atoms with van der Waals surface area (Å²) >= 11 is 6.11. The fourth-order valence-corrected chi connectivity index (χ4v) is 3.36. The molecular formula is C17H27ClN2. The van der Waals surface area contributed by atoms with Gasteiger partial charge in [-0.25, -0.2) is 0 Å². The van der Waals surface area contributed by atoms with E-state index in [2.05, 4.69) is 42.3 Å². The molecule has 2 rings (SSSR count). The summed E-state index contributed by atoms with van der Waals surface area (Å²) in [6.45, 7) is 7.84. The molecule has 1 aromatic carbocycles. The number of halogens is 1. The highest BCUT2D eigenvalue weighted by Gasteiger charge is 2.26. The number of hydrogen-bond acceptors (Lipinski definition) is 2. The van der Waals surface area contributed by atoms with Gasteiger partial charge in [0.1, 0.15) is 0 Å². The Labute approximate surface area is 128 Å². The number of hydrogen-bond donors (Lipinski definition) is 1. The number of nitrogens with zero attached hydrogens (tertiary/aromatic N) is 1. The minimum absolute atomic E-state index is 0.646. The fourth-order valence-electron chi connectivity index (χ4n) is 3.15. The van der Waals surface area contributed by atoms with Gasteiger partial charge in [-0.05, 0) is 30.5 Å². The maximum absolute atomic E-state index is 6.11. The van der Waals surface area contributed by atoms with Crippen LogP contribution in [0.3, 0.4) is 0 Å². The van der Waals surface area contributed by atoms with E-state index in [0.717, 1.165) is 24.7 Å². The van der Waals surface area contributed by atoms with E-state index in [0.29, 0.717) is 12.1 Å². The molecule has 0 spiro atoms. The van der Waals surface area contributed by atoms with Gasteiger partial charge in [0.05, 0.1) is 0 Å². The molecule has 1 saturated heterocycles. The smallest absolute Gasteiger partial charge is 0.0409 e. The molecule has 0 aliphatic carbocycles. The Balaban J connectivity index is 2.02. The summed E-state index contributed by atoms with van der Waals surface area (Å²) < 4.78 is 0. The largest absolute Gasteiger partial charge is 0.311 e. The van der Waals surface area contributed by atoms with Crippen molar-refractivity contribution >= 4 is 11.6 Å². The summed E-state index contributed by atoms with van der Waals surface area (Å²) in [6, 6.07) is 9.59. The molecule has 2 unspecified atom stereocenters. The molecule has 0 saturated carbocycles. The van der Waals surface area contributed by atoms with Gasteiger partial charge in [-0.2, -0.15) is 0 Å². The van der Waals surface area contributed by atoms with Gasteiger partial charge in [-0.1, -0.05) is 50.4 Å². The van der Waals surface area contributed by atoms with E-state index in [1.165, 1.54) is 31.2 Å². The lowest BCUT2D eigenvalue weighted by atomic mass is 10.0. The molecule has 1 heterocycles. The standard InChI is InChI=1S/C17H27ClN2/c1-3-6-16-13-20(17(7-4-2)11-19-16)12-14-8-5-9-15(18)10-14/h5,8-10,16-17,19H,3-4,6-7,11-13H2,1-2H3. The second-order valence-electron chi connectivity index (χ2n) is 5.90. The number of piperazine rings is 1. The first-order valence-corrected chi connectivity index (χ1v) is 8.32. The zero-order chi connectivity index (χ0) is 14.4. The zero-order valence-corrected chi connectivity index (χ0v) is 13.5. The highest BCUT2D eigenvalue weighted by molar-refractivity contribution is 6.30. The summed E-state index contributed by atoms with van der Waals surface area (Å²) in [5, 5.41) is 4.56. The Bertz CT molecular complexity index is 408. The van der Waals surface area contributed by atoms with Gasteiger partial charge in [0.15, 0.2) is 0 Å². The molecule has 1 aromatic rings. The van der Waals surface area contributed by atoms with Crippen molar-refractivity contribution < 1.29 is 0 Å². The van der Waals surface area contributed by atoms with Gasteiger partial charge < -0.3 is 5.32 Å². The Morgan fingerprint density at radius 2 is 2.05 bits per heavy atom. The van der Waals surface area contributed by atoms with E-state index in [9.17, 15) is 0 Å². The third-order valence-corrected chi connectivity index (χ3v) is 4.38. The van der Waals surface area contributed by atoms with Crippen LogP contribution in [0, 0.1) is 0 Å². The van der Waals surface area contributed by atoms with Crippen molar-refractivity contribution in [2.75, 3.05) is 13.1 Å². The molecular weight excluding hydrogens is 268 g/mol. The lowest BCUT2D eigenvalue weighted by Gasteiger charge is -2.40. The SMILES string of the molecule is CCCC1CN(Cc2cccc(Cl)c2)C(CCC)CN1. The minimum atomic E-state index is 0.646. The van der Waals surface area contributed by atoms with Crippen LogP contribution in [0.4, 0.5) is 0 Å². The van der Waals surface area contributed by atoms with Crippen LogP contribution in [0.1, 0.15) is 45.1 Å². The molecule has 0 bridgehead atoms. The average Bonchev–Trinajstić information content (AvgIpc) is 2.42. The first kappa shape index (κ1) is 15.8. The molecule has 20 heavy (non-hydrogen) atoms. The Morgan fingerprint density at radius 3 is 2.75 bits per heavy atom. The Kier molecular flexibility index (Phi) is 6.34. The molecule has 3 heteroatoms. The Morgan fingerprint density at radius 1 is 1.25 bits per heavy atom. The fraction of sp³-hybridized carbons (Fsp3) is 0.647. The van der Waals surface area contributed by atoms with Gasteiger partial charge in [0.25, 0.3) is 0 Å². The van der Waals surface area contributed by atoms with E-state index in [4.69, 9.17) is 11.6 Å². The molecule has 2 nitrogen and oxygen atoms in total. The monoisotopic (exact) mass is 294 g/mol. The minimum Gasteiger partial charge on any atom is -0.311 e. The van der Waals surface area contributed by atoms with E-state index < -0.39 is 0 Å². The van der Waals surface area contributed by atoms with Gasteiger partial charge in [0.2, 0.25) is 0 Å². The second kappa shape index (κ2) is 8.02. The first-order valence-electron chi connectivity index (χ1n) is 7.94.